The second kappa shape index (κ2) is 8.87. The van der Waals surface area contributed by atoms with Gasteiger partial charge in [-0.2, -0.15) is 0 Å². The molecule has 0 radical (unpaired) electrons. The van der Waals surface area contributed by atoms with E-state index in [0.29, 0.717) is 17.3 Å². The lowest BCUT2D eigenvalue weighted by Gasteiger charge is -2.29. The van der Waals surface area contributed by atoms with Gasteiger partial charge in [0, 0.05) is 17.7 Å². The van der Waals surface area contributed by atoms with Crippen LogP contribution >= 0.6 is 0 Å². The third kappa shape index (κ3) is 3.86. The molecule has 0 bridgehead atoms. The number of rotatable bonds is 6. The summed E-state index contributed by atoms with van der Waals surface area (Å²) in [6.45, 7) is 6.31. The number of amides is 1. The van der Waals surface area contributed by atoms with Gasteiger partial charge in [-0.3, -0.25) is 9.69 Å². The van der Waals surface area contributed by atoms with Gasteiger partial charge in [-0.15, -0.1) is 0 Å². The van der Waals surface area contributed by atoms with Crippen molar-refractivity contribution in [3.8, 4) is 5.75 Å². The van der Waals surface area contributed by atoms with Crippen molar-refractivity contribution in [2.24, 2.45) is 0 Å². The molecule has 1 aliphatic rings. The highest BCUT2D eigenvalue weighted by atomic mass is 16.5. The molecule has 3 aromatic rings. The van der Waals surface area contributed by atoms with Gasteiger partial charge >= 0.3 is 0 Å². The zero-order chi connectivity index (χ0) is 22.8. The third-order valence-corrected chi connectivity index (χ3v) is 6.14. The van der Waals surface area contributed by atoms with Crippen LogP contribution < -0.4 is 9.64 Å². The van der Waals surface area contributed by atoms with Crippen LogP contribution in [0.25, 0.3) is 0 Å². The number of aliphatic hydroxyl groups excluding tert-OH is 1. The van der Waals surface area contributed by atoms with Crippen LogP contribution in [0.3, 0.4) is 0 Å². The molecular weight excluding hydrogens is 400 g/mol. The van der Waals surface area contributed by atoms with E-state index in [2.05, 4.69) is 31.0 Å². The van der Waals surface area contributed by atoms with E-state index in [1.54, 1.807) is 24.3 Å². The fraction of sp³-hybridized carbons (Fsp3) is 0.259. The van der Waals surface area contributed by atoms with E-state index < -0.39 is 11.9 Å². The summed E-state index contributed by atoms with van der Waals surface area (Å²) in [6.07, 6.45) is 1.66. The molecule has 32 heavy (non-hydrogen) atoms. The summed E-state index contributed by atoms with van der Waals surface area (Å²) >= 11 is 0. The second-order valence-corrected chi connectivity index (χ2v) is 8.39. The topological polar surface area (TPSA) is 62.7 Å². The van der Waals surface area contributed by atoms with Gasteiger partial charge in [-0.05, 0) is 46.9 Å². The van der Waals surface area contributed by atoms with E-state index in [-0.39, 0.29) is 11.7 Å². The molecule has 1 N–H and O–H groups in total. The molecule has 2 unspecified atom stereocenters. The smallest absolute Gasteiger partial charge is 0.295 e. The van der Waals surface area contributed by atoms with Crippen molar-refractivity contribution in [3.63, 3.8) is 0 Å². The highest BCUT2D eigenvalue weighted by Gasteiger charge is 2.44. The predicted molar refractivity (Wildman–Crippen MR) is 126 cm³/mol. The van der Waals surface area contributed by atoms with Gasteiger partial charge in [0.2, 0.25) is 0 Å². The Morgan fingerprint density at radius 1 is 0.938 bits per heavy atom. The lowest BCUT2D eigenvalue weighted by molar-refractivity contribution is -0.117. The number of anilines is 1. The minimum atomic E-state index is -0.448. The van der Waals surface area contributed by atoms with Crippen molar-refractivity contribution in [1.29, 1.82) is 0 Å². The van der Waals surface area contributed by atoms with Crippen LogP contribution in [0, 0.1) is 0 Å². The summed E-state index contributed by atoms with van der Waals surface area (Å²) in [6, 6.07) is 21.0. The molecule has 0 aliphatic carbocycles. The molecule has 2 atom stereocenters. The van der Waals surface area contributed by atoms with Gasteiger partial charge in [0.1, 0.15) is 11.6 Å². The molecule has 0 fully saturated rings. The number of nitrogens with zero attached hydrogens (tertiary/aromatic N) is 2. The zero-order valence-electron chi connectivity index (χ0n) is 18.8. The Bertz CT molecular complexity index is 1120. The van der Waals surface area contributed by atoms with Crippen molar-refractivity contribution in [1.82, 2.24) is 4.98 Å². The van der Waals surface area contributed by atoms with Gasteiger partial charge in [0.05, 0.1) is 13.2 Å². The van der Waals surface area contributed by atoms with E-state index >= 15 is 0 Å². The molecular formula is C27H28N2O3. The van der Waals surface area contributed by atoms with Crippen molar-refractivity contribution in [2.75, 3.05) is 12.0 Å². The van der Waals surface area contributed by atoms with Crippen LogP contribution in [0.5, 0.6) is 5.75 Å². The predicted octanol–water partition coefficient (Wildman–Crippen LogP) is 5.92. The minimum absolute atomic E-state index is 0.187. The summed E-state index contributed by atoms with van der Waals surface area (Å²) in [4.78, 5) is 19.3. The van der Waals surface area contributed by atoms with Crippen molar-refractivity contribution in [3.05, 3.63) is 101 Å². The highest BCUT2D eigenvalue weighted by molar-refractivity contribution is 6.08. The fourth-order valence-electron chi connectivity index (χ4n) is 4.26. The number of hydrogen-bond acceptors (Lipinski definition) is 4. The van der Waals surface area contributed by atoms with Gasteiger partial charge < -0.3 is 9.84 Å². The molecule has 2 heterocycles. The quantitative estimate of drug-likeness (QED) is 0.530. The van der Waals surface area contributed by atoms with Crippen LogP contribution in [-0.4, -0.2) is 23.1 Å². The molecule has 5 heteroatoms. The number of pyridine rings is 1. The maximum Gasteiger partial charge on any atom is 0.295 e. The zero-order valence-corrected chi connectivity index (χ0v) is 18.8. The first-order valence-electron chi connectivity index (χ1n) is 10.8. The Balaban J connectivity index is 1.82. The van der Waals surface area contributed by atoms with Gasteiger partial charge in [-0.1, -0.05) is 63.2 Å². The largest absolute Gasteiger partial charge is 0.503 e. The van der Waals surface area contributed by atoms with Crippen LogP contribution in [-0.2, 0) is 4.79 Å². The van der Waals surface area contributed by atoms with Crippen LogP contribution in [0.2, 0.25) is 0 Å². The van der Waals surface area contributed by atoms with E-state index in [4.69, 9.17) is 4.74 Å². The summed E-state index contributed by atoms with van der Waals surface area (Å²) in [5.41, 5.74) is 3.82. The molecule has 0 saturated heterocycles. The van der Waals surface area contributed by atoms with Gasteiger partial charge in [0.15, 0.2) is 5.76 Å². The summed E-state index contributed by atoms with van der Waals surface area (Å²) in [7, 11) is 1.63. The SMILES string of the molecule is COc1ccc(C(C)C2=C(O)C(=O)N(c3ccccn3)C2c2ccc(C(C)C)cc2)cc1. The monoisotopic (exact) mass is 428 g/mol. The first-order chi connectivity index (χ1) is 15.4. The molecule has 4 rings (SSSR count). The first-order valence-corrected chi connectivity index (χ1v) is 10.8. The Labute approximate surface area is 189 Å². The molecule has 164 valence electrons. The lowest BCUT2D eigenvalue weighted by Crippen LogP contribution is -2.31. The highest BCUT2D eigenvalue weighted by Crippen LogP contribution is 2.46. The fourth-order valence-corrected chi connectivity index (χ4v) is 4.26. The Hall–Kier alpha value is -3.60. The molecule has 2 aromatic carbocycles. The van der Waals surface area contributed by atoms with E-state index in [1.165, 1.54) is 5.56 Å². The van der Waals surface area contributed by atoms with E-state index in [0.717, 1.165) is 16.9 Å². The second-order valence-electron chi connectivity index (χ2n) is 8.39. The Morgan fingerprint density at radius 2 is 1.59 bits per heavy atom. The minimum Gasteiger partial charge on any atom is -0.503 e. The summed E-state index contributed by atoms with van der Waals surface area (Å²) < 4.78 is 5.28. The van der Waals surface area contributed by atoms with Crippen LogP contribution in [0.1, 0.15) is 55.3 Å². The van der Waals surface area contributed by atoms with E-state index in [9.17, 15) is 9.90 Å². The van der Waals surface area contributed by atoms with Crippen molar-refractivity contribution in [2.45, 2.75) is 38.6 Å². The number of benzene rings is 2. The van der Waals surface area contributed by atoms with Crippen molar-refractivity contribution < 1.29 is 14.6 Å². The number of hydrogen-bond donors (Lipinski definition) is 1. The maximum absolute atomic E-state index is 13.3. The normalized spacial score (nSPS) is 17.2. The average molecular weight is 429 g/mol. The van der Waals surface area contributed by atoms with E-state index in [1.807, 2.05) is 55.5 Å². The number of carbonyl (C=O) groups excluding carboxylic acids is 1. The molecule has 1 aromatic heterocycles. The number of methoxy groups -OCH3 is 1. The number of ether oxygens (including phenoxy) is 1. The molecule has 0 spiro atoms. The Morgan fingerprint density at radius 3 is 2.16 bits per heavy atom. The van der Waals surface area contributed by atoms with Crippen LogP contribution in [0.4, 0.5) is 5.82 Å². The average Bonchev–Trinajstić information content (AvgIpc) is 3.09. The summed E-state index contributed by atoms with van der Waals surface area (Å²) in [5.74, 6) is 0.849. The third-order valence-electron chi connectivity index (χ3n) is 6.14. The Kier molecular flexibility index (Phi) is 5.99. The first kappa shape index (κ1) is 21.6. The number of aromatic nitrogens is 1. The number of aliphatic hydroxyl groups is 1. The number of carbonyl (C=O) groups is 1. The molecule has 0 saturated carbocycles. The summed E-state index contributed by atoms with van der Waals surface area (Å²) in [5, 5.41) is 11.0. The molecule has 5 nitrogen and oxygen atoms in total. The van der Waals surface area contributed by atoms with Crippen LogP contribution in [0.15, 0.2) is 84.3 Å². The lowest BCUT2D eigenvalue weighted by atomic mass is 9.85. The standard InChI is InChI=1S/C27H28N2O3/c1-17(2)19-8-10-21(11-9-19)25-24(18(3)20-12-14-22(32-4)15-13-20)26(30)27(31)29(25)23-7-5-6-16-28-23/h5-18,25,30H,1-4H3. The molecule has 1 aliphatic heterocycles. The van der Waals surface area contributed by atoms with Gasteiger partial charge in [-0.25, -0.2) is 4.98 Å². The molecule has 1 amide bonds. The maximum atomic E-state index is 13.3. The van der Waals surface area contributed by atoms with Gasteiger partial charge in [0.25, 0.3) is 5.91 Å². The van der Waals surface area contributed by atoms with Crippen molar-refractivity contribution >= 4 is 11.7 Å².